The first-order chi connectivity index (χ1) is 8.91. The Hall–Kier alpha value is -0.260. The van der Waals surface area contributed by atoms with E-state index in [1.807, 2.05) is 6.08 Å². The van der Waals surface area contributed by atoms with Crippen LogP contribution in [-0.2, 0) is 0 Å². The molecule has 0 aromatic carbocycles. The fraction of sp³-hybridized carbons (Fsp3) is 0.833. The third-order valence-electron chi connectivity index (χ3n) is 3.64. The number of hydrogen-bond acceptors (Lipinski definition) is 0. The van der Waals surface area contributed by atoms with Crippen molar-refractivity contribution in [3.8, 4) is 0 Å². The van der Waals surface area contributed by atoms with E-state index in [1.165, 1.54) is 89.9 Å². The second-order valence-corrected chi connectivity index (χ2v) is 5.50. The van der Waals surface area contributed by atoms with Gasteiger partial charge in [-0.05, 0) is 19.8 Å². The van der Waals surface area contributed by atoms with Crippen molar-refractivity contribution >= 4 is 0 Å². The molecular formula is C18H35. The maximum absolute atomic E-state index is 3.70. The number of rotatable bonds is 14. The van der Waals surface area contributed by atoms with Gasteiger partial charge in [-0.15, -0.1) is 0 Å². The van der Waals surface area contributed by atoms with Crippen molar-refractivity contribution < 1.29 is 0 Å². The Balaban J connectivity index is 2.90. The molecule has 18 heavy (non-hydrogen) atoms. The highest BCUT2D eigenvalue weighted by Crippen LogP contribution is 2.12. The molecule has 0 aromatic rings. The summed E-state index contributed by atoms with van der Waals surface area (Å²) in [6.45, 7) is 5.99. The lowest BCUT2D eigenvalue weighted by Gasteiger charge is -2.02. The lowest BCUT2D eigenvalue weighted by molar-refractivity contribution is 0.540. The molecule has 0 saturated heterocycles. The summed E-state index contributed by atoms with van der Waals surface area (Å²) in [6.07, 6.45) is 24.0. The monoisotopic (exact) mass is 251 g/mol. The minimum Gasteiger partial charge on any atom is -0.0885 e. The van der Waals surface area contributed by atoms with Crippen molar-refractivity contribution in [3.05, 3.63) is 19.1 Å². The molecule has 0 bridgehead atoms. The van der Waals surface area contributed by atoms with Crippen LogP contribution in [0.2, 0.25) is 0 Å². The van der Waals surface area contributed by atoms with Gasteiger partial charge in [0.15, 0.2) is 0 Å². The van der Waals surface area contributed by atoms with Crippen molar-refractivity contribution in [2.45, 2.75) is 96.8 Å². The van der Waals surface area contributed by atoms with Crippen molar-refractivity contribution in [1.29, 1.82) is 0 Å². The van der Waals surface area contributed by atoms with E-state index in [-0.39, 0.29) is 0 Å². The van der Waals surface area contributed by atoms with Gasteiger partial charge in [-0.2, -0.15) is 0 Å². The Kier molecular flexibility index (Phi) is 16.5. The maximum Gasteiger partial charge on any atom is -0.0316 e. The van der Waals surface area contributed by atoms with E-state index < -0.39 is 0 Å². The van der Waals surface area contributed by atoms with Gasteiger partial charge in [0.05, 0.1) is 0 Å². The normalized spacial score (nSPS) is 11.4. The van der Waals surface area contributed by atoms with Crippen LogP contribution in [0.5, 0.6) is 0 Å². The number of unbranched alkanes of at least 4 members (excludes halogenated alkanes) is 13. The van der Waals surface area contributed by atoms with E-state index in [0.29, 0.717) is 0 Å². The molecule has 0 rings (SSSR count). The zero-order valence-corrected chi connectivity index (χ0v) is 12.8. The van der Waals surface area contributed by atoms with E-state index in [1.54, 1.807) is 0 Å². The quantitative estimate of drug-likeness (QED) is 0.296. The third kappa shape index (κ3) is 15.7. The molecule has 0 saturated carbocycles. The first-order valence-electron chi connectivity index (χ1n) is 8.36. The Bertz CT molecular complexity index is 157. The number of allylic oxidation sites excluding steroid dienone is 2. The average Bonchev–Trinajstić information content (AvgIpc) is 2.39. The van der Waals surface area contributed by atoms with Crippen molar-refractivity contribution in [2.75, 3.05) is 0 Å². The summed E-state index contributed by atoms with van der Waals surface area (Å²) in [5.74, 6) is 0. The molecule has 0 amide bonds. The maximum atomic E-state index is 3.70. The zero-order valence-electron chi connectivity index (χ0n) is 12.8. The van der Waals surface area contributed by atoms with Gasteiger partial charge in [-0.3, -0.25) is 0 Å². The van der Waals surface area contributed by atoms with Crippen molar-refractivity contribution in [1.82, 2.24) is 0 Å². The molecule has 0 spiro atoms. The summed E-state index contributed by atoms with van der Waals surface area (Å²) in [5.41, 5.74) is 0. The van der Waals surface area contributed by atoms with E-state index in [0.717, 1.165) is 0 Å². The number of hydrogen-bond donors (Lipinski definition) is 0. The van der Waals surface area contributed by atoms with Crippen LogP contribution in [0.4, 0.5) is 0 Å². The van der Waals surface area contributed by atoms with Crippen molar-refractivity contribution in [2.24, 2.45) is 0 Å². The van der Waals surface area contributed by atoms with Gasteiger partial charge in [-0.25, -0.2) is 0 Å². The minimum atomic E-state index is 1.22. The summed E-state index contributed by atoms with van der Waals surface area (Å²) in [6, 6.07) is 0. The topological polar surface area (TPSA) is 0 Å². The first kappa shape index (κ1) is 17.7. The predicted octanol–water partition coefficient (Wildman–Crippen LogP) is 6.86. The zero-order chi connectivity index (χ0) is 13.3. The van der Waals surface area contributed by atoms with E-state index in [2.05, 4.69) is 19.9 Å². The third-order valence-corrected chi connectivity index (χ3v) is 3.64. The molecule has 0 N–H and O–H groups in total. The van der Waals surface area contributed by atoms with Crippen molar-refractivity contribution in [3.63, 3.8) is 0 Å². The molecular weight excluding hydrogens is 216 g/mol. The molecule has 107 valence electrons. The van der Waals surface area contributed by atoms with Gasteiger partial charge < -0.3 is 0 Å². The smallest absolute Gasteiger partial charge is 0.0316 e. The highest BCUT2D eigenvalue weighted by Gasteiger charge is 1.93. The molecule has 0 fully saturated rings. The molecule has 0 aliphatic rings. The molecule has 1 radical (unpaired) electrons. The largest absolute Gasteiger partial charge is 0.0885 e. The van der Waals surface area contributed by atoms with Gasteiger partial charge >= 0.3 is 0 Å². The van der Waals surface area contributed by atoms with E-state index in [9.17, 15) is 0 Å². The van der Waals surface area contributed by atoms with Crippen LogP contribution in [-0.4, -0.2) is 0 Å². The van der Waals surface area contributed by atoms with Crippen LogP contribution in [0.3, 0.4) is 0 Å². The van der Waals surface area contributed by atoms with Crippen LogP contribution in [0.15, 0.2) is 12.2 Å². The summed E-state index contributed by atoms with van der Waals surface area (Å²) in [7, 11) is 0. The molecule has 0 atom stereocenters. The van der Waals surface area contributed by atoms with Crippen LogP contribution in [0, 0.1) is 6.92 Å². The van der Waals surface area contributed by atoms with Gasteiger partial charge in [0, 0.05) is 0 Å². The van der Waals surface area contributed by atoms with Gasteiger partial charge in [-0.1, -0.05) is 96.1 Å². The molecule has 0 heterocycles. The van der Waals surface area contributed by atoms with Gasteiger partial charge in [0.1, 0.15) is 0 Å². The summed E-state index contributed by atoms with van der Waals surface area (Å²) < 4.78 is 0. The fourth-order valence-corrected chi connectivity index (χ4v) is 2.40. The van der Waals surface area contributed by atoms with Gasteiger partial charge in [0.2, 0.25) is 0 Å². The van der Waals surface area contributed by atoms with Crippen LogP contribution in [0.25, 0.3) is 0 Å². The van der Waals surface area contributed by atoms with Crippen LogP contribution < -0.4 is 0 Å². The Morgan fingerprint density at radius 2 is 1.00 bits per heavy atom. The lowest BCUT2D eigenvalue weighted by Crippen LogP contribution is -1.82. The molecule has 0 aliphatic carbocycles. The van der Waals surface area contributed by atoms with E-state index in [4.69, 9.17) is 0 Å². The minimum absolute atomic E-state index is 1.22. The standard InChI is InChI=1S/C18H35/c1-3-5-7-9-11-13-15-17-18-16-14-12-10-8-6-4-2/h3,5H,1,4,6-18H2,2H3/b5-3+. The summed E-state index contributed by atoms with van der Waals surface area (Å²) in [5, 5.41) is 0. The van der Waals surface area contributed by atoms with Crippen LogP contribution >= 0.6 is 0 Å². The van der Waals surface area contributed by atoms with E-state index >= 15 is 0 Å². The van der Waals surface area contributed by atoms with Gasteiger partial charge in [0.25, 0.3) is 0 Å². The predicted molar refractivity (Wildman–Crippen MR) is 84.8 cm³/mol. The van der Waals surface area contributed by atoms with Crippen LogP contribution in [0.1, 0.15) is 96.8 Å². The Morgan fingerprint density at radius 3 is 1.39 bits per heavy atom. The fourth-order valence-electron chi connectivity index (χ4n) is 2.40. The molecule has 0 heteroatoms. The second-order valence-electron chi connectivity index (χ2n) is 5.50. The Labute approximate surface area is 116 Å². The highest BCUT2D eigenvalue weighted by atomic mass is 14.0. The molecule has 0 aromatic heterocycles. The second kappa shape index (κ2) is 16.7. The lowest BCUT2D eigenvalue weighted by atomic mass is 10.0. The average molecular weight is 251 g/mol. The SMILES string of the molecule is [CH2]/C=C/CCCCCCCCCCCCCCC. The molecule has 0 unspecified atom stereocenters. The summed E-state index contributed by atoms with van der Waals surface area (Å²) >= 11 is 0. The highest BCUT2D eigenvalue weighted by molar-refractivity contribution is 4.83. The Morgan fingerprint density at radius 1 is 0.611 bits per heavy atom. The molecule has 0 aliphatic heterocycles. The molecule has 0 nitrogen and oxygen atoms in total. The summed E-state index contributed by atoms with van der Waals surface area (Å²) in [4.78, 5) is 0. The first-order valence-corrected chi connectivity index (χ1v) is 8.36.